The zero-order valence-corrected chi connectivity index (χ0v) is 27.8. The lowest BCUT2D eigenvalue weighted by Gasteiger charge is -2.39. The van der Waals surface area contributed by atoms with Crippen molar-refractivity contribution in [2.24, 2.45) is 0 Å². The number of hydroxylamine groups is 1. The maximum atomic E-state index is 14.8. The number of nitrogens with one attached hydrogen (secondary N) is 2. The molecule has 0 bridgehead atoms. The summed E-state index contributed by atoms with van der Waals surface area (Å²) in [6.07, 6.45) is 6.55. The second kappa shape index (κ2) is 14.4. The number of halogens is 2. The monoisotopic (exact) mass is 664 g/mol. The number of hydrogen-bond acceptors (Lipinski definition) is 10. The zero-order valence-electron chi connectivity index (χ0n) is 27.1. The molecule has 4 heterocycles. The van der Waals surface area contributed by atoms with Gasteiger partial charge in [0.1, 0.15) is 23.7 Å². The molecule has 250 valence electrons. The minimum atomic E-state index is -0.400. The number of amides is 1. The molecule has 11 nitrogen and oxygen atoms in total. The van der Waals surface area contributed by atoms with Crippen molar-refractivity contribution in [1.82, 2.24) is 19.8 Å². The molecule has 13 heteroatoms. The van der Waals surface area contributed by atoms with Crippen LogP contribution in [0, 0.1) is 5.82 Å². The smallest absolute Gasteiger partial charge is 0.247 e. The Morgan fingerprint density at radius 3 is 2.62 bits per heavy atom. The molecule has 2 aromatic carbocycles. The first kappa shape index (κ1) is 33.0. The molecule has 3 saturated heterocycles. The van der Waals surface area contributed by atoms with Crippen molar-refractivity contribution in [3.05, 3.63) is 71.8 Å². The number of rotatable bonds is 10. The standard InChI is InChI=1S/C34H42ClFN8O3/c1-5-34(45)40-27-17-28(31(46-4)18-30(27)42-12-8-23(9-13-42)43-14-10-24(20-43)41(2)3)39-32-19-33(38-21-37-32)44-29(11-15-47-44)25-7-6-22(35)16-26(25)36/h5-7,16-19,21,23-24,29H,1,8-15,20H2,2-4H3,(H,40,45)(H,37,38,39)/t24-,29+/m0/s1. The van der Waals surface area contributed by atoms with Crippen molar-refractivity contribution >= 4 is 46.2 Å². The maximum absolute atomic E-state index is 14.8. The third kappa shape index (κ3) is 7.30. The fourth-order valence-electron chi connectivity index (χ4n) is 6.80. The van der Waals surface area contributed by atoms with Gasteiger partial charge in [0, 0.05) is 67.4 Å². The Morgan fingerprint density at radius 2 is 1.91 bits per heavy atom. The van der Waals surface area contributed by atoms with Crippen molar-refractivity contribution < 1.29 is 18.8 Å². The van der Waals surface area contributed by atoms with Crippen LogP contribution in [0.5, 0.6) is 5.75 Å². The van der Waals surface area contributed by atoms with Crippen LogP contribution in [-0.4, -0.2) is 91.7 Å². The molecule has 1 amide bonds. The molecule has 0 radical (unpaired) electrons. The number of carbonyl (C=O) groups is 1. The molecule has 3 fully saturated rings. The minimum Gasteiger partial charge on any atom is -0.494 e. The Bertz CT molecular complexity index is 1600. The number of carbonyl (C=O) groups excluding carboxylic acids is 1. The fraction of sp³-hybridized carbons (Fsp3) is 0.441. The molecule has 2 atom stereocenters. The van der Waals surface area contributed by atoms with E-state index < -0.39 is 5.82 Å². The van der Waals surface area contributed by atoms with Gasteiger partial charge in [-0.2, -0.15) is 0 Å². The Labute approximate surface area is 280 Å². The van der Waals surface area contributed by atoms with E-state index >= 15 is 0 Å². The summed E-state index contributed by atoms with van der Waals surface area (Å²) in [7, 11) is 5.93. The topological polar surface area (TPSA) is 98.3 Å². The third-order valence-corrected chi connectivity index (χ3v) is 9.61. The van der Waals surface area contributed by atoms with Crippen LogP contribution >= 0.6 is 11.6 Å². The number of likely N-dealkylation sites (tertiary alicyclic amines) is 1. The summed E-state index contributed by atoms with van der Waals surface area (Å²) in [6, 6.07) is 10.9. The van der Waals surface area contributed by atoms with Crippen molar-refractivity contribution in [2.45, 2.75) is 43.8 Å². The van der Waals surface area contributed by atoms with Crippen molar-refractivity contribution in [1.29, 1.82) is 0 Å². The second-order valence-electron chi connectivity index (χ2n) is 12.4. The van der Waals surface area contributed by atoms with Crippen LogP contribution in [0.1, 0.15) is 37.3 Å². The molecule has 0 spiro atoms. The van der Waals surface area contributed by atoms with E-state index in [2.05, 4.69) is 56.0 Å². The molecule has 0 aliphatic carbocycles. The number of benzene rings is 2. The Morgan fingerprint density at radius 1 is 1.11 bits per heavy atom. The first-order valence-electron chi connectivity index (χ1n) is 16.0. The first-order valence-corrected chi connectivity index (χ1v) is 16.4. The average Bonchev–Trinajstić information content (AvgIpc) is 3.76. The summed E-state index contributed by atoms with van der Waals surface area (Å²) >= 11 is 5.99. The van der Waals surface area contributed by atoms with Gasteiger partial charge in [0.15, 0.2) is 5.82 Å². The van der Waals surface area contributed by atoms with E-state index in [0.717, 1.165) is 44.7 Å². The molecular weight excluding hydrogens is 623 g/mol. The Hall–Kier alpha value is -3.97. The lowest BCUT2D eigenvalue weighted by atomic mass is 10.0. The summed E-state index contributed by atoms with van der Waals surface area (Å²) in [5.41, 5.74) is 2.60. The molecule has 2 N–H and O–H groups in total. The van der Waals surface area contributed by atoms with Crippen LogP contribution in [0.15, 0.2) is 55.4 Å². The van der Waals surface area contributed by atoms with Gasteiger partial charge in [-0.1, -0.05) is 24.2 Å². The number of anilines is 5. The summed E-state index contributed by atoms with van der Waals surface area (Å²) in [5, 5.41) is 8.25. The van der Waals surface area contributed by atoms with Crippen molar-refractivity contribution in [2.75, 3.05) is 74.6 Å². The van der Waals surface area contributed by atoms with E-state index in [-0.39, 0.29) is 11.9 Å². The van der Waals surface area contributed by atoms with Gasteiger partial charge < -0.3 is 25.2 Å². The van der Waals surface area contributed by atoms with Gasteiger partial charge in [-0.25, -0.2) is 19.4 Å². The molecule has 47 heavy (non-hydrogen) atoms. The third-order valence-electron chi connectivity index (χ3n) is 9.38. The lowest BCUT2D eigenvalue weighted by Crippen LogP contribution is -2.45. The molecule has 3 aromatic rings. The average molecular weight is 665 g/mol. The number of aromatic nitrogens is 2. The minimum absolute atomic E-state index is 0.306. The van der Waals surface area contributed by atoms with Crippen LogP contribution in [0.25, 0.3) is 0 Å². The Balaban J connectivity index is 1.22. The molecule has 3 aliphatic heterocycles. The predicted molar refractivity (Wildman–Crippen MR) is 183 cm³/mol. The van der Waals surface area contributed by atoms with Crippen LogP contribution in [0.4, 0.5) is 33.1 Å². The van der Waals surface area contributed by atoms with Gasteiger partial charge in [-0.15, -0.1) is 0 Å². The van der Waals surface area contributed by atoms with Crippen LogP contribution in [0.3, 0.4) is 0 Å². The van der Waals surface area contributed by atoms with Gasteiger partial charge in [-0.05, 0) is 57.6 Å². The number of methoxy groups -OCH3 is 1. The number of likely N-dealkylation sites (N-methyl/N-ethyl adjacent to an activating group) is 1. The summed E-state index contributed by atoms with van der Waals surface area (Å²) in [4.78, 5) is 34.5. The van der Waals surface area contributed by atoms with Crippen molar-refractivity contribution in [3.8, 4) is 5.75 Å². The quantitative estimate of drug-likeness (QED) is 0.265. The van der Waals surface area contributed by atoms with E-state index in [4.69, 9.17) is 21.2 Å². The van der Waals surface area contributed by atoms with Gasteiger partial charge in [-0.3, -0.25) is 14.5 Å². The van der Waals surface area contributed by atoms with E-state index in [1.165, 1.54) is 24.9 Å². The normalized spacial score (nSPS) is 20.6. The zero-order chi connectivity index (χ0) is 33.1. The van der Waals surface area contributed by atoms with Crippen molar-refractivity contribution in [3.63, 3.8) is 0 Å². The van der Waals surface area contributed by atoms with Gasteiger partial charge >= 0.3 is 0 Å². The molecule has 0 saturated carbocycles. The fourth-order valence-corrected chi connectivity index (χ4v) is 6.96. The SMILES string of the molecule is C=CC(=O)Nc1cc(Nc2cc(N3OCC[C@@H]3c3ccc(Cl)cc3F)ncn2)c(OC)cc1N1CCC(N2CC[C@H](N(C)C)C2)CC1. The molecule has 3 aliphatic rings. The van der Waals surface area contributed by atoms with Gasteiger partial charge in [0.05, 0.1) is 36.8 Å². The highest BCUT2D eigenvalue weighted by molar-refractivity contribution is 6.30. The van der Waals surface area contributed by atoms with Crippen LogP contribution < -0.4 is 25.3 Å². The highest BCUT2D eigenvalue weighted by atomic mass is 35.5. The van der Waals surface area contributed by atoms with Gasteiger partial charge in [0.25, 0.3) is 0 Å². The highest BCUT2D eigenvalue weighted by Gasteiger charge is 2.33. The number of piperidine rings is 1. The number of ether oxygens (including phenoxy) is 1. The van der Waals surface area contributed by atoms with E-state index in [9.17, 15) is 9.18 Å². The molecule has 1 aromatic heterocycles. The summed E-state index contributed by atoms with van der Waals surface area (Å²) in [6.45, 7) is 8.02. The Kier molecular flexibility index (Phi) is 10.1. The van der Waals surface area contributed by atoms with Crippen LogP contribution in [-0.2, 0) is 9.63 Å². The van der Waals surface area contributed by atoms with E-state index in [0.29, 0.717) is 64.5 Å². The summed E-state index contributed by atoms with van der Waals surface area (Å²) in [5.74, 6) is 0.816. The summed E-state index contributed by atoms with van der Waals surface area (Å²) < 4.78 is 20.7. The molecule has 6 rings (SSSR count). The second-order valence-corrected chi connectivity index (χ2v) is 12.8. The predicted octanol–water partition coefficient (Wildman–Crippen LogP) is 5.63. The number of hydrogen-bond donors (Lipinski definition) is 2. The van der Waals surface area contributed by atoms with E-state index in [1.54, 1.807) is 30.4 Å². The molecular formula is C34H42ClFN8O3. The maximum Gasteiger partial charge on any atom is 0.247 e. The lowest BCUT2D eigenvalue weighted by molar-refractivity contribution is -0.111. The van der Waals surface area contributed by atoms with Gasteiger partial charge in [0.2, 0.25) is 5.91 Å². The number of nitrogens with zero attached hydrogens (tertiary/aromatic N) is 6. The first-order chi connectivity index (χ1) is 22.7. The molecule has 0 unspecified atom stereocenters. The largest absolute Gasteiger partial charge is 0.494 e. The van der Waals surface area contributed by atoms with Crippen LogP contribution in [0.2, 0.25) is 5.02 Å². The van der Waals surface area contributed by atoms with E-state index in [1.807, 2.05) is 12.1 Å². The highest BCUT2D eigenvalue weighted by Crippen LogP contribution is 2.41.